The van der Waals surface area contributed by atoms with Gasteiger partial charge >= 0.3 is 0 Å². The second-order valence-electron chi connectivity index (χ2n) is 5.47. The maximum atomic E-state index is 5.47. The maximum absolute atomic E-state index is 5.47. The van der Waals surface area contributed by atoms with Gasteiger partial charge in [-0.3, -0.25) is 0 Å². The van der Waals surface area contributed by atoms with Crippen molar-refractivity contribution in [1.82, 2.24) is 0 Å². The predicted molar refractivity (Wildman–Crippen MR) is 90.2 cm³/mol. The van der Waals surface area contributed by atoms with Crippen LogP contribution in [0.15, 0.2) is 18.2 Å². The van der Waals surface area contributed by atoms with E-state index in [0.717, 1.165) is 11.5 Å². The van der Waals surface area contributed by atoms with E-state index in [9.17, 15) is 0 Å². The summed E-state index contributed by atoms with van der Waals surface area (Å²) in [5.74, 6) is 4.81. The molecule has 1 heterocycles. The second kappa shape index (κ2) is 6.99. The van der Waals surface area contributed by atoms with E-state index in [0.29, 0.717) is 5.92 Å². The number of rotatable bonds is 5. The summed E-state index contributed by atoms with van der Waals surface area (Å²) in [6.07, 6.45) is 2.50. The molecule has 0 aliphatic carbocycles. The Morgan fingerprint density at radius 1 is 1.10 bits per heavy atom. The summed E-state index contributed by atoms with van der Waals surface area (Å²) in [4.78, 5) is 0. The SMILES string of the molecule is COc1ccc(C2(CC(C)C)SCCCS2)cc1OC. The molecule has 1 aromatic rings. The minimum Gasteiger partial charge on any atom is -0.493 e. The van der Waals surface area contributed by atoms with Gasteiger partial charge in [-0.05, 0) is 48.0 Å². The normalized spacial score (nSPS) is 18.1. The standard InChI is InChI=1S/C16H24O2S2/c1-12(2)11-16(19-8-5-9-20-16)13-6-7-14(17-3)15(10-13)18-4/h6-7,10,12H,5,8-9,11H2,1-4H3. The fourth-order valence-corrected chi connectivity index (χ4v) is 6.33. The van der Waals surface area contributed by atoms with Crippen molar-refractivity contribution in [3.05, 3.63) is 23.8 Å². The Kier molecular flexibility index (Phi) is 5.56. The number of thioether (sulfide) groups is 2. The molecule has 0 radical (unpaired) electrons. The van der Waals surface area contributed by atoms with Crippen molar-refractivity contribution in [3.8, 4) is 11.5 Å². The molecule has 0 atom stereocenters. The highest BCUT2D eigenvalue weighted by Gasteiger charge is 2.36. The number of hydrogen-bond acceptors (Lipinski definition) is 4. The Labute approximate surface area is 131 Å². The minimum atomic E-state index is 0.173. The molecule has 0 unspecified atom stereocenters. The summed E-state index contributed by atoms with van der Waals surface area (Å²) in [6.45, 7) is 4.61. The van der Waals surface area contributed by atoms with Gasteiger partial charge in [0.1, 0.15) is 0 Å². The average Bonchev–Trinajstić information content (AvgIpc) is 2.46. The van der Waals surface area contributed by atoms with Crippen molar-refractivity contribution in [3.63, 3.8) is 0 Å². The molecule has 1 aliphatic heterocycles. The zero-order valence-corrected chi connectivity index (χ0v) is 14.4. The van der Waals surface area contributed by atoms with Crippen molar-refractivity contribution in [2.24, 2.45) is 5.92 Å². The molecule has 112 valence electrons. The Balaban J connectivity index is 2.37. The minimum absolute atomic E-state index is 0.173. The topological polar surface area (TPSA) is 18.5 Å². The molecule has 20 heavy (non-hydrogen) atoms. The largest absolute Gasteiger partial charge is 0.493 e. The third kappa shape index (κ3) is 3.40. The molecule has 1 aromatic carbocycles. The molecule has 4 heteroatoms. The molecule has 0 saturated carbocycles. The molecule has 0 bridgehead atoms. The van der Waals surface area contributed by atoms with Gasteiger partial charge < -0.3 is 9.47 Å². The van der Waals surface area contributed by atoms with Crippen LogP contribution >= 0.6 is 23.5 Å². The van der Waals surface area contributed by atoms with E-state index in [2.05, 4.69) is 49.5 Å². The molecule has 2 nitrogen and oxygen atoms in total. The van der Waals surface area contributed by atoms with Gasteiger partial charge in [-0.25, -0.2) is 0 Å². The molecule has 0 N–H and O–H groups in total. The highest BCUT2D eigenvalue weighted by molar-refractivity contribution is 8.18. The van der Waals surface area contributed by atoms with Gasteiger partial charge in [-0.2, -0.15) is 0 Å². The molecule has 1 aliphatic rings. The molecule has 0 spiro atoms. The second-order valence-corrected chi connectivity index (χ2v) is 8.52. The fraction of sp³-hybridized carbons (Fsp3) is 0.625. The highest BCUT2D eigenvalue weighted by atomic mass is 32.2. The first-order chi connectivity index (χ1) is 9.61. The van der Waals surface area contributed by atoms with E-state index >= 15 is 0 Å². The van der Waals surface area contributed by atoms with Gasteiger partial charge in [0.2, 0.25) is 0 Å². The van der Waals surface area contributed by atoms with Gasteiger partial charge in [0.15, 0.2) is 11.5 Å². The van der Waals surface area contributed by atoms with Crippen LogP contribution in [0, 0.1) is 5.92 Å². The quantitative estimate of drug-likeness (QED) is 0.779. The Hall–Kier alpha value is -0.480. The van der Waals surface area contributed by atoms with E-state index < -0.39 is 0 Å². The zero-order valence-electron chi connectivity index (χ0n) is 12.8. The first-order valence-corrected chi connectivity index (χ1v) is 9.09. The van der Waals surface area contributed by atoms with Crippen molar-refractivity contribution < 1.29 is 9.47 Å². The lowest BCUT2D eigenvalue weighted by atomic mass is 10.0. The van der Waals surface area contributed by atoms with Gasteiger partial charge in [0.05, 0.1) is 18.3 Å². The monoisotopic (exact) mass is 312 g/mol. The molecular formula is C16H24O2S2. The fourth-order valence-electron chi connectivity index (χ4n) is 2.59. The Morgan fingerprint density at radius 2 is 1.75 bits per heavy atom. The van der Waals surface area contributed by atoms with Crippen molar-refractivity contribution in [1.29, 1.82) is 0 Å². The third-order valence-electron chi connectivity index (χ3n) is 3.46. The van der Waals surface area contributed by atoms with E-state index in [-0.39, 0.29) is 4.08 Å². The van der Waals surface area contributed by atoms with E-state index in [1.165, 1.54) is 29.9 Å². The summed E-state index contributed by atoms with van der Waals surface area (Å²) in [5, 5.41) is 0. The highest BCUT2D eigenvalue weighted by Crippen LogP contribution is 2.55. The van der Waals surface area contributed by atoms with Crippen molar-refractivity contribution >= 4 is 23.5 Å². The zero-order chi connectivity index (χ0) is 14.6. The molecule has 1 fully saturated rings. The van der Waals surface area contributed by atoms with E-state index in [4.69, 9.17) is 9.47 Å². The molecular weight excluding hydrogens is 288 g/mol. The predicted octanol–water partition coefficient (Wildman–Crippen LogP) is 4.77. The van der Waals surface area contributed by atoms with Crippen LogP contribution in [0.5, 0.6) is 11.5 Å². The Bertz CT molecular complexity index is 440. The van der Waals surface area contributed by atoms with Gasteiger partial charge in [0.25, 0.3) is 0 Å². The summed E-state index contributed by atoms with van der Waals surface area (Å²) in [7, 11) is 3.39. The average molecular weight is 312 g/mol. The van der Waals surface area contributed by atoms with Crippen molar-refractivity contribution in [2.75, 3.05) is 25.7 Å². The number of benzene rings is 1. The molecule has 1 saturated heterocycles. The van der Waals surface area contributed by atoms with Crippen LogP contribution < -0.4 is 9.47 Å². The first-order valence-electron chi connectivity index (χ1n) is 7.11. The van der Waals surface area contributed by atoms with Crippen molar-refractivity contribution in [2.45, 2.75) is 30.8 Å². The summed E-state index contributed by atoms with van der Waals surface area (Å²) >= 11 is 4.18. The van der Waals surface area contributed by atoms with Gasteiger partial charge in [0, 0.05) is 0 Å². The molecule has 0 aromatic heterocycles. The van der Waals surface area contributed by atoms with Crippen LogP contribution in [0.1, 0.15) is 32.3 Å². The summed E-state index contributed by atoms with van der Waals surface area (Å²) in [5.41, 5.74) is 1.36. The maximum Gasteiger partial charge on any atom is 0.161 e. The van der Waals surface area contributed by atoms with Gasteiger partial charge in [-0.15, -0.1) is 23.5 Å². The lowest BCUT2D eigenvalue weighted by Gasteiger charge is -2.38. The van der Waals surface area contributed by atoms with Crippen LogP contribution in [0.3, 0.4) is 0 Å². The van der Waals surface area contributed by atoms with E-state index in [1.807, 2.05) is 6.07 Å². The van der Waals surface area contributed by atoms with Crippen LogP contribution in [0.25, 0.3) is 0 Å². The van der Waals surface area contributed by atoms with E-state index in [1.54, 1.807) is 14.2 Å². The Morgan fingerprint density at radius 3 is 2.30 bits per heavy atom. The third-order valence-corrected chi connectivity index (χ3v) is 6.89. The van der Waals surface area contributed by atoms with Crippen LogP contribution in [0.2, 0.25) is 0 Å². The summed E-state index contributed by atoms with van der Waals surface area (Å²) < 4.78 is 11.0. The van der Waals surface area contributed by atoms with Crippen LogP contribution in [-0.2, 0) is 4.08 Å². The lowest BCUT2D eigenvalue weighted by Crippen LogP contribution is -2.24. The van der Waals surface area contributed by atoms with Crippen LogP contribution in [-0.4, -0.2) is 25.7 Å². The molecule has 2 rings (SSSR count). The summed E-state index contributed by atoms with van der Waals surface area (Å²) in [6, 6.07) is 6.40. The molecule has 0 amide bonds. The lowest BCUT2D eigenvalue weighted by molar-refractivity contribution is 0.354. The number of ether oxygens (including phenoxy) is 2. The first kappa shape index (κ1) is 15.9. The smallest absolute Gasteiger partial charge is 0.161 e. The van der Waals surface area contributed by atoms with Crippen LogP contribution in [0.4, 0.5) is 0 Å². The number of hydrogen-bond donors (Lipinski definition) is 0. The van der Waals surface area contributed by atoms with Gasteiger partial charge in [-0.1, -0.05) is 19.9 Å². The number of methoxy groups -OCH3 is 2.